The maximum atomic E-state index is 11.4. The lowest BCUT2D eigenvalue weighted by Crippen LogP contribution is -2.40. The first-order valence-electron chi connectivity index (χ1n) is 5.17. The minimum Gasteiger partial charge on any atom is -0.449 e. The van der Waals surface area contributed by atoms with E-state index in [-0.39, 0.29) is 6.09 Å². The zero-order chi connectivity index (χ0) is 10.6. The average Bonchev–Trinajstić information content (AvgIpc) is 2.15. The Labute approximate surface area is 84.8 Å². The van der Waals surface area contributed by atoms with E-state index in [0.717, 1.165) is 0 Å². The normalized spacial score (nSPS) is 18.7. The molecular formula is C10H18NO3. The molecule has 1 fully saturated rings. The van der Waals surface area contributed by atoms with Crippen molar-refractivity contribution in [2.45, 2.75) is 32.8 Å². The van der Waals surface area contributed by atoms with Crippen molar-refractivity contribution in [2.24, 2.45) is 5.92 Å². The Morgan fingerprint density at radius 2 is 2.00 bits per heavy atom. The van der Waals surface area contributed by atoms with Gasteiger partial charge in [-0.05, 0) is 18.8 Å². The van der Waals surface area contributed by atoms with Gasteiger partial charge in [0.2, 0.25) is 0 Å². The van der Waals surface area contributed by atoms with Crippen LogP contribution in [0.15, 0.2) is 0 Å². The van der Waals surface area contributed by atoms with Crippen LogP contribution in [0.25, 0.3) is 0 Å². The van der Waals surface area contributed by atoms with Crippen LogP contribution in [-0.2, 0) is 9.84 Å². The summed E-state index contributed by atoms with van der Waals surface area (Å²) >= 11 is 0. The number of nitrogens with zero attached hydrogens (tertiary/aromatic N) is 1. The van der Waals surface area contributed by atoms with E-state index in [0.29, 0.717) is 38.5 Å². The summed E-state index contributed by atoms with van der Waals surface area (Å²) in [5, 5.41) is 11.0. The minimum absolute atomic E-state index is 0.273. The molecule has 4 heteroatoms. The molecule has 1 rings (SSSR count). The quantitative estimate of drug-likeness (QED) is 0.680. The SMILES string of the molecule is CC(C)COC(=O)N1CCC([O])CC1. The van der Waals surface area contributed by atoms with Crippen LogP contribution < -0.4 is 0 Å². The molecule has 0 N–H and O–H groups in total. The van der Waals surface area contributed by atoms with Gasteiger partial charge in [-0.3, -0.25) is 0 Å². The molecule has 0 unspecified atom stereocenters. The summed E-state index contributed by atoms with van der Waals surface area (Å²) in [5.74, 6) is 0.357. The van der Waals surface area contributed by atoms with Gasteiger partial charge >= 0.3 is 6.09 Å². The van der Waals surface area contributed by atoms with Crippen LogP contribution in [0.1, 0.15) is 26.7 Å². The molecule has 0 spiro atoms. The molecule has 0 aromatic carbocycles. The molecule has 0 bridgehead atoms. The van der Waals surface area contributed by atoms with Crippen molar-refractivity contribution in [1.29, 1.82) is 0 Å². The Hall–Kier alpha value is -0.770. The summed E-state index contributed by atoms with van der Waals surface area (Å²) in [5.41, 5.74) is 0. The van der Waals surface area contributed by atoms with Crippen molar-refractivity contribution in [3.05, 3.63) is 0 Å². The molecule has 1 heterocycles. The van der Waals surface area contributed by atoms with E-state index in [1.54, 1.807) is 4.90 Å². The van der Waals surface area contributed by atoms with Gasteiger partial charge in [-0.2, -0.15) is 0 Å². The fraction of sp³-hybridized carbons (Fsp3) is 0.900. The number of rotatable bonds is 2. The molecule has 1 aliphatic rings. The number of hydrogen-bond acceptors (Lipinski definition) is 2. The third-order valence-corrected chi connectivity index (χ3v) is 2.24. The smallest absolute Gasteiger partial charge is 0.409 e. The highest BCUT2D eigenvalue weighted by Gasteiger charge is 2.23. The van der Waals surface area contributed by atoms with Crippen molar-refractivity contribution >= 4 is 6.09 Å². The molecule has 0 atom stereocenters. The lowest BCUT2D eigenvalue weighted by atomic mass is 10.1. The van der Waals surface area contributed by atoms with E-state index in [9.17, 15) is 9.90 Å². The minimum atomic E-state index is -0.496. The lowest BCUT2D eigenvalue weighted by Gasteiger charge is -2.28. The van der Waals surface area contributed by atoms with Gasteiger partial charge < -0.3 is 9.64 Å². The molecule has 81 valence electrons. The molecule has 0 aromatic rings. The largest absolute Gasteiger partial charge is 0.449 e. The van der Waals surface area contributed by atoms with Gasteiger partial charge in [0.1, 0.15) is 0 Å². The monoisotopic (exact) mass is 200 g/mol. The van der Waals surface area contributed by atoms with Gasteiger partial charge in [0.25, 0.3) is 0 Å². The van der Waals surface area contributed by atoms with Crippen molar-refractivity contribution in [1.82, 2.24) is 4.90 Å². The second-order valence-electron chi connectivity index (χ2n) is 4.16. The number of piperidine rings is 1. The van der Waals surface area contributed by atoms with Crippen LogP contribution in [-0.4, -0.2) is 36.8 Å². The molecular weight excluding hydrogens is 182 g/mol. The van der Waals surface area contributed by atoms with Crippen LogP contribution in [0.2, 0.25) is 0 Å². The van der Waals surface area contributed by atoms with E-state index in [4.69, 9.17) is 4.74 Å². The van der Waals surface area contributed by atoms with Gasteiger partial charge in [-0.15, -0.1) is 0 Å². The molecule has 1 aliphatic heterocycles. The summed E-state index contributed by atoms with van der Waals surface area (Å²) in [4.78, 5) is 13.0. The number of carbonyl (C=O) groups is 1. The van der Waals surface area contributed by atoms with E-state index in [1.807, 2.05) is 13.8 Å². The van der Waals surface area contributed by atoms with Gasteiger partial charge in [-0.1, -0.05) is 13.8 Å². The van der Waals surface area contributed by atoms with Gasteiger partial charge in [-0.25, -0.2) is 9.90 Å². The first kappa shape index (κ1) is 11.3. The second kappa shape index (κ2) is 5.20. The molecule has 1 saturated heterocycles. The summed E-state index contributed by atoms with van der Waals surface area (Å²) in [7, 11) is 0. The highest BCUT2D eigenvalue weighted by molar-refractivity contribution is 5.67. The maximum Gasteiger partial charge on any atom is 0.409 e. The van der Waals surface area contributed by atoms with Gasteiger partial charge in [0.15, 0.2) is 0 Å². The summed E-state index contributed by atoms with van der Waals surface area (Å²) < 4.78 is 5.06. The van der Waals surface area contributed by atoms with E-state index < -0.39 is 6.10 Å². The molecule has 0 saturated carbocycles. The molecule has 1 radical (unpaired) electrons. The van der Waals surface area contributed by atoms with Gasteiger partial charge in [0, 0.05) is 13.1 Å². The van der Waals surface area contributed by atoms with Crippen molar-refractivity contribution in [3.63, 3.8) is 0 Å². The van der Waals surface area contributed by atoms with Crippen LogP contribution in [0.4, 0.5) is 4.79 Å². The topological polar surface area (TPSA) is 49.4 Å². The Morgan fingerprint density at radius 3 is 2.50 bits per heavy atom. The molecule has 0 aliphatic carbocycles. The third kappa shape index (κ3) is 3.54. The second-order valence-corrected chi connectivity index (χ2v) is 4.16. The van der Waals surface area contributed by atoms with Crippen LogP contribution in [0.5, 0.6) is 0 Å². The lowest BCUT2D eigenvalue weighted by molar-refractivity contribution is 0.0211. The zero-order valence-electron chi connectivity index (χ0n) is 8.86. The van der Waals surface area contributed by atoms with Crippen molar-refractivity contribution < 1.29 is 14.6 Å². The fourth-order valence-electron chi connectivity index (χ4n) is 1.37. The maximum absolute atomic E-state index is 11.4. The molecule has 1 amide bonds. The number of carbonyl (C=O) groups excluding carboxylic acids is 1. The standard InChI is InChI=1S/C10H18NO3/c1-8(2)7-14-10(13)11-5-3-9(12)4-6-11/h8-9H,3-7H2,1-2H3. The predicted molar refractivity (Wildman–Crippen MR) is 51.5 cm³/mol. The summed E-state index contributed by atoms with van der Waals surface area (Å²) in [6.45, 7) is 5.54. The Bertz CT molecular complexity index is 186. The van der Waals surface area contributed by atoms with Crippen LogP contribution in [0, 0.1) is 5.92 Å². The number of amides is 1. The first-order valence-corrected chi connectivity index (χ1v) is 5.17. The molecule has 4 nitrogen and oxygen atoms in total. The highest BCUT2D eigenvalue weighted by atomic mass is 16.6. The van der Waals surface area contributed by atoms with E-state index in [2.05, 4.69) is 0 Å². The zero-order valence-corrected chi connectivity index (χ0v) is 8.86. The van der Waals surface area contributed by atoms with Crippen LogP contribution >= 0.6 is 0 Å². The van der Waals surface area contributed by atoms with E-state index in [1.165, 1.54) is 0 Å². The van der Waals surface area contributed by atoms with Crippen molar-refractivity contribution in [3.8, 4) is 0 Å². The Morgan fingerprint density at radius 1 is 1.43 bits per heavy atom. The highest BCUT2D eigenvalue weighted by Crippen LogP contribution is 2.11. The first-order chi connectivity index (χ1) is 6.59. The molecule has 0 aromatic heterocycles. The Balaban J connectivity index is 2.24. The number of ether oxygens (including phenoxy) is 1. The summed E-state index contributed by atoms with van der Waals surface area (Å²) in [6.07, 6.45) is 0.336. The summed E-state index contributed by atoms with van der Waals surface area (Å²) in [6, 6.07) is 0. The molecule has 14 heavy (non-hydrogen) atoms. The number of hydrogen-bond donors (Lipinski definition) is 0. The number of likely N-dealkylation sites (tertiary alicyclic amines) is 1. The average molecular weight is 200 g/mol. The van der Waals surface area contributed by atoms with Crippen LogP contribution in [0.3, 0.4) is 0 Å². The Kier molecular flexibility index (Phi) is 4.20. The van der Waals surface area contributed by atoms with Gasteiger partial charge in [0.05, 0.1) is 12.7 Å². The predicted octanol–water partition coefficient (Wildman–Crippen LogP) is 1.67. The third-order valence-electron chi connectivity index (χ3n) is 2.24. The fourth-order valence-corrected chi connectivity index (χ4v) is 1.37. The van der Waals surface area contributed by atoms with Crippen molar-refractivity contribution in [2.75, 3.05) is 19.7 Å². The van der Waals surface area contributed by atoms with E-state index >= 15 is 0 Å².